The SMILES string of the molecule is O=C1CCCN1c1ccc2nc(N3CC[C@@H](N4CCCCC4)C3)sc2c1. The summed E-state index contributed by atoms with van der Waals surface area (Å²) in [7, 11) is 0. The third-order valence-electron chi connectivity index (χ3n) is 6.09. The van der Waals surface area contributed by atoms with Crippen LogP contribution in [0.5, 0.6) is 0 Å². The molecule has 0 saturated carbocycles. The Morgan fingerprint density at radius 1 is 1.04 bits per heavy atom. The van der Waals surface area contributed by atoms with Gasteiger partial charge in [-0.2, -0.15) is 0 Å². The van der Waals surface area contributed by atoms with Crippen LogP contribution in [-0.4, -0.2) is 54.6 Å². The Hall–Kier alpha value is -1.66. The summed E-state index contributed by atoms with van der Waals surface area (Å²) in [6.07, 6.45) is 7.01. The summed E-state index contributed by atoms with van der Waals surface area (Å²) in [4.78, 5) is 24.0. The Kier molecular flexibility index (Phi) is 4.33. The number of hydrogen-bond donors (Lipinski definition) is 0. The molecule has 0 radical (unpaired) electrons. The van der Waals surface area contributed by atoms with Crippen LogP contribution in [0.15, 0.2) is 18.2 Å². The van der Waals surface area contributed by atoms with E-state index in [0.717, 1.165) is 42.4 Å². The van der Waals surface area contributed by atoms with Crippen LogP contribution in [0.25, 0.3) is 10.2 Å². The van der Waals surface area contributed by atoms with E-state index in [-0.39, 0.29) is 5.91 Å². The Morgan fingerprint density at radius 3 is 2.73 bits per heavy atom. The summed E-state index contributed by atoms with van der Waals surface area (Å²) >= 11 is 1.78. The molecule has 6 heteroatoms. The lowest BCUT2D eigenvalue weighted by Crippen LogP contribution is -2.40. The summed E-state index contributed by atoms with van der Waals surface area (Å²) in [6.45, 7) is 5.60. The Balaban J connectivity index is 1.34. The van der Waals surface area contributed by atoms with Crippen LogP contribution in [0.2, 0.25) is 0 Å². The number of rotatable bonds is 3. The highest BCUT2D eigenvalue weighted by atomic mass is 32.1. The molecule has 138 valence electrons. The minimum atomic E-state index is 0.248. The fourth-order valence-corrected chi connectivity index (χ4v) is 5.66. The average molecular weight is 371 g/mol. The van der Waals surface area contributed by atoms with E-state index in [0.29, 0.717) is 12.5 Å². The van der Waals surface area contributed by atoms with Gasteiger partial charge in [0, 0.05) is 37.8 Å². The van der Waals surface area contributed by atoms with Gasteiger partial charge in [-0.05, 0) is 57.0 Å². The molecule has 2 aromatic rings. The van der Waals surface area contributed by atoms with Crippen molar-refractivity contribution in [1.29, 1.82) is 0 Å². The second-order valence-corrected chi connectivity index (χ2v) is 8.79. The van der Waals surface area contributed by atoms with Gasteiger partial charge in [0.1, 0.15) is 0 Å². The third kappa shape index (κ3) is 2.99. The molecule has 1 aromatic carbocycles. The zero-order chi connectivity index (χ0) is 17.5. The Morgan fingerprint density at radius 2 is 1.92 bits per heavy atom. The monoisotopic (exact) mass is 370 g/mol. The second-order valence-electron chi connectivity index (χ2n) is 7.78. The van der Waals surface area contributed by atoms with Crippen LogP contribution in [0.3, 0.4) is 0 Å². The fourth-order valence-electron chi connectivity index (χ4n) is 4.62. The van der Waals surface area contributed by atoms with Gasteiger partial charge < -0.3 is 9.80 Å². The molecule has 1 amide bonds. The van der Waals surface area contributed by atoms with E-state index >= 15 is 0 Å². The largest absolute Gasteiger partial charge is 0.346 e. The molecule has 3 aliphatic rings. The van der Waals surface area contributed by atoms with Crippen LogP contribution in [0.4, 0.5) is 10.8 Å². The van der Waals surface area contributed by atoms with Gasteiger partial charge in [0.05, 0.1) is 10.2 Å². The minimum absolute atomic E-state index is 0.248. The van der Waals surface area contributed by atoms with Gasteiger partial charge in [0.2, 0.25) is 5.91 Å². The van der Waals surface area contributed by atoms with Crippen molar-refractivity contribution < 1.29 is 4.79 Å². The highest BCUT2D eigenvalue weighted by molar-refractivity contribution is 7.22. The Bertz CT molecular complexity index is 813. The number of carbonyl (C=O) groups excluding carboxylic acids is 1. The number of carbonyl (C=O) groups is 1. The molecular formula is C20H26N4OS. The van der Waals surface area contributed by atoms with Crippen LogP contribution < -0.4 is 9.80 Å². The van der Waals surface area contributed by atoms with E-state index in [4.69, 9.17) is 4.98 Å². The molecule has 0 aliphatic carbocycles. The van der Waals surface area contributed by atoms with Crippen molar-refractivity contribution in [1.82, 2.24) is 9.88 Å². The third-order valence-corrected chi connectivity index (χ3v) is 7.17. The molecule has 1 atom stereocenters. The quantitative estimate of drug-likeness (QED) is 0.829. The number of amides is 1. The minimum Gasteiger partial charge on any atom is -0.346 e. The van der Waals surface area contributed by atoms with Gasteiger partial charge in [-0.15, -0.1) is 0 Å². The van der Waals surface area contributed by atoms with Crippen LogP contribution in [0.1, 0.15) is 38.5 Å². The molecule has 5 nitrogen and oxygen atoms in total. The highest BCUT2D eigenvalue weighted by Gasteiger charge is 2.30. The molecule has 3 aliphatic heterocycles. The maximum absolute atomic E-state index is 12.0. The first-order chi connectivity index (χ1) is 12.8. The van der Waals surface area contributed by atoms with E-state index in [9.17, 15) is 4.79 Å². The number of fused-ring (bicyclic) bond motifs is 1. The van der Waals surface area contributed by atoms with Gasteiger partial charge in [-0.1, -0.05) is 17.8 Å². The Labute approximate surface area is 158 Å². The summed E-state index contributed by atoms with van der Waals surface area (Å²) in [5.74, 6) is 0.248. The lowest BCUT2D eigenvalue weighted by atomic mass is 10.1. The number of aromatic nitrogens is 1. The van der Waals surface area contributed by atoms with Gasteiger partial charge in [0.25, 0.3) is 0 Å². The van der Waals surface area contributed by atoms with Crippen LogP contribution >= 0.6 is 11.3 Å². The van der Waals surface area contributed by atoms with Crippen molar-refractivity contribution in [2.45, 2.75) is 44.6 Å². The predicted octanol–water partition coefficient (Wildman–Crippen LogP) is 3.49. The molecule has 5 rings (SSSR count). The smallest absolute Gasteiger partial charge is 0.227 e. The highest BCUT2D eigenvalue weighted by Crippen LogP contribution is 2.35. The molecule has 0 bridgehead atoms. The topological polar surface area (TPSA) is 39.7 Å². The number of likely N-dealkylation sites (tertiary alicyclic amines) is 1. The normalized spacial score (nSPS) is 24.9. The zero-order valence-electron chi connectivity index (χ0n) is 15.2. The summed E-state index contributed by atoms with van der Waals surface area (Å²) in [5, 5.41) is 1.14. The molecule has 0 unspecified atom stereocenters. The lowest BCUT2D eigenvalue weighted by molar-refractivity contribution is -0.117. The summed E-state index contributed by atoms with van der Waals surface area (Å²) < 4.78 is 1.19. The summed E-state index contributed by atoms with van der Waals surface area (Å²) in [6, 6.07) is 6.97. The first-order valence-electron chi connectivity index (χ1n) is 9.98. The number of hydrogen-bond acceptors (Lipinski definition) is 5. The number of nitrogens with zero attached hydrogens (tertiary/aromatic N) is 4. The van der Waals surface area contributed by atoms with E-state index in [1.165, 1.54) is 43.5 Å². The van der Waals surface area contributed by atoms with Crippen molar-refractivity contribution >= 4 is 38.3 Å². The fraction of sp³-hybridized carbons (Fsp3) is 0.600. The first-order valence-corrected chi connectivity index (χ1v) is 10.8. The van der Waals surface area contributed by atoms with E-state index in [2.05, 4.69) is 28.0 Å². The second kappa shape index (κ2) is 6.82. The van der Waals surface area contributed by atoms with Crippen molar-refractivity contribution in [3.8, 4) is 0 Å². The van der Waals surface area contributed by atoms with E-state index in [1.807, 2.05) is 4.90 Å². The van der Waals surface area contributed by atoms with Crippen molar-refractivity contribution in [2.75, 3.05) is 42.5 Å². The van der Waals surface area contributed by atoms with Crippen LogP contribution in [0, 0.1) is 0 Å². The maximum Gasteiger partial charge on any atom is 0.227 e. The standard InChI is InChI=1S/C20H26N4OS/c25-19-5-4-11-24(19)15-6-7-17-18(13-15)26-20(21-17)23-12-8-16(14-23)22-9-2-1-3-10-22/h6-7,13,16H,1-5,8-12,14H2/t16-/m1/s1. The predicted molar refractivity (Wildman–Crippen MR) is 107 cm³/mol. The van der Waals surface area contributed by atoms with Crippen molar-refractivity contribution in [2.24, 2.45) is 0 Å². The zero-order valence-corrected chi connectivity index (χ0v) is 16.0. The van der Waals surface area contributed by atoms with Crippen molar-refractivity contribution in [3.05, 3.63) is 18.2 Å². The maximum atomic E-state index is 12.0. The molecule has 4 heterocycles. The molecule has 0 N–H and O–H groups in total. The molecule has 3 saturated heterocycles. The van der Waals surface area contributed by atoms with Gasteiger partial charge in [0.15, 0.2) is 5.13 Å². The summed E-state index contributed by atoms with van der Waals surface area (Å²) in [5.41, 5.74) is 2.09. The first kappa shape index (κ1) is 16.5. The van der Waals surface area contributed by atoms with E-state index in [1.54, 1.807) is 11.3 Å². The number of benzene rings is 1. The lowest BCUT2D eigenvalue weighted by Gasteiger charge is -2.32. The molecule has 3 fully saturated rings. The van der Waals surface area contributed by atoms with Crippen molar-refractivity contribution in [3.63, 3.8) is 0 Å². The molecule has 26 heavy (non-hydrogen) atoms. The number of anilines is 2. The van der Waals surface area contributed by atoms with Crippen LogP contribution in [-0.2, 0) is 4.79 Å². The van der Waals surface area contributed by atoms with Gasteiger partial charge in [-0.25, -0.2) is 4.98 Å². The molecular weight excluding hydrogens is 344 g/mol. The number of piperidine rings is 1. The average Bonchev–Trinajstić information content (AvgIpc) is 3.40. The van der Waals surface area contributed by atoms with E-state index < -0.39 is 0 Å². The molecule has 1 aromatic heterocycles. The molecule has 0 spiro atoms. The number of thiazole rings is 1. The van der Waals surface area contributed by atoms with Gasteiger partial charge in [-0.3, -0.25) is 9.69 Å². The van der Waals surface area contributed by atoms with Gasteiger partial charge >= 0.3 is 0 Å².